The maximum absolute atomic E-state index is 13.5. The quantitative estimate of drug-likeness (QED) is 0.305. The van der Waals surface area contributed by atoms with E-state index >= 15 is 0 Å². The van der Waals surface area contributed by atoms with E-state index in [1.807, 2.05) is 4.57 Å². The number of ether oxygens (including phenoxy) is 1. The molecule has 1 fully saturated rings. The number of hydrogen-bond acceptors (Lipinski definition) is 9. The van der Waals surface area contributed by atoms with E-state index in [0.717, 1.165) is 4.47 Å². The molecule has 2 aromatic heterocycles. The second kappa shape index (κ2) is 9.73. The van der Waals surface area contributed by atoms with Crippen LogP contribution >= 0.6 is 23.7 Å². The van der Waals surface area contributed by atoms with Crippen molar-refractivity contribution in [1.82, 2.24) is 24.6 Å². The monoisotopic (exact) mass is 568 g/mol. The van der Waals surface area contributed by atoms with Crippen molar-refractivity contribution in [1.29, 1.82) is 0 Å². The minimum atomic E-state index is -4.02. The number of nitrogen functional groups attached to an aromatic ring is 1. The highest BCUT2D eigenvalue weighted by molar-refractivity contribution is 9.10. The fourth-order valence-electron chi connectivity index (χ4n) is 3.69. The van der Waals surface area contributed by atoms with Crippen LogP contribution in [-0.2, 0) is 13.9 Å². The van der Waals surface area contributed by atoms with Crippen molar-refractivity contribution >= 4 is 46.8 Å². The summed E-state index contributed by atoms with van der Waals surface area (Å²) in [6.45, 7) is 2.89. The van der Waals surface area contributed by atoms with E-state index in [1.165, 1.54) is 21.0 Å². The number of imidazole rings is 1. The van der Waals surface area contributed by atoms with Crippen LogP contribution in [0.25, 0.3) is 11.2 Å². The summed E-state index contributed by atoms with van der Waals surface area (Å²) < 4.78 is 32.9. The average molecular weight is 569 g/mol. The fraction of sp³-hybridized carbons (Fsp3) is 0.429. The molecule has 1 unspecified atom stereocenters. The summed E-state index contributed by atoms with van der Waals surface area (Å²) in [6.07, 6.45) is 3.08. The molecule has 3 aromatic rings. The van der Waals surface area contributed by atoms with E-state index in [0.29, 0.717) is 29.9 Å². The number of carbonyl (C=O) groups is 1. The number of nitrogens with one attached hydrogen (secondary N) is 1. The van der Waals surface area contributed by atoms with Gasteiger partial charge in [-0.1, -0.05) is 15.9 Å². The molecule has 2 heterocycles. The number of fused-ring (bicyclic) bond motifs is 1. The molecule has 0 radical (unpaired) electrons. The Morgan fingerprint density at radius 1 is 1.31 bits per heavy atom. The maximum atomic E-state index is 13.5. The predicted molar refractivity (Wildman–Crippen MR) is 131 cm³/mol. The lowest BCUT2D eigenvalue weighted by Gasteiger charge is -2.37. The third-order valence-corrected chi connectivity index (χ3v) is 7.98. The summed E-state index contributed by atoms with van der Waals surface area (Å²) >= 11 is 3.33. The fourth-order valence-corrected chi connectivity index (χ4v) is 5.70. The molecule has 0 spiro atoms. The van der Waals surface area contributed by atoms with Gasteiger partial charge in [0.15, 0.2) is 11.2 Å². The Morgan fingerprint density at radius 3 is 2.63 bits per heavy atom. The topological polar surface area (TPSA) is 164 Å². The van der Waals surface area contributed by atoms with Crippen LogP contribution in [0.4, 0.5) is 5.95 Å². The third-order valence-electron chi connectivity index (χ3n) is 5.67. The Labute approximate surface area is 209 Å². The van der Waals surface area contributed by atoms with Crippen LogP contribution in [0.15, 0.2) is 35.1 Å². The molecule has 0 aliphatic heterocycles. The number of halogens is 1. The largest absolute Gasteiger partial charge is 0.480 e. The van der Waals surface area contributed by atoms with Gasteiger partial charge in [-0.15, -0.1) is 0 Å². The van der Waals surface area contributed by atoms with Crippen LogP contribution in [0.2, 0.25) is 0 Å². The van der Waals surface area contributed by atoms with E-state index in [2.05, 4.69) is 36.0 Å². The maximum Gasteiger partial charge on any atom is 0.459 e. The van der Waals surface area contributed by atoms with Crippen LogP contribution in [0, 0.1) is 5.92 Å². The van der Waals surface area contributed by atoms with E-state index in [9.17, 15) is 14.5 Å². The van der Waals surface area contributed by atoms with Gasteiger partial charge in [-0.25, -0.2) is 9.55 Å². The van der Waals surface area contributed by atoms with Gasteiger partial charge in [0.2, 0.25) is 11.8 Å². The van der Waals surface area contributed by atoms with Crippen LogP contribution in [0.5, 0.6) is 11.6 Å². The summed E-state index contributed by atoms with van der Waals surface area (Å²) in [5.74, 6) is -0.437. The molecule has 0 amide bonds. The smallest absolute Gasteiger partial charge is 0.459 e. The van der Waals surface area contributed by atoms with Crippen LogP contribution in [0.3, 0.4) is 0 Å². The molecule has 1 aliphatic rings. The van der Waals surface area contributed by atoms with Gasteiger partial charge in [-0.3, -0.25) is 9.32 Å². The third kappa shape index (κ3) is 5.58. The summed E-state index contributed by atoms with van der Waals surface area (Å²) in [7, 11) is -2.53. The number of carboxylic acid groups (broad SMARTS) is 1. The number of nitrogens with two attached hydrogens (primary N) is 1. The summed E-state index contributed by atoms with van der Waals surface area (Å²) in [5, 5.41) is 12.0. The van der Waals surface area contributed by atoms with Crippen molar-refractivity contribution in [2.75, 3.05) is 19.5 Å². The first-order chi connectivity index (χ1) is 16.5. The lowest BCUT2D eigenvalue weighted by molar-refractivity contribution is -0.142. The zero-order valence-corrected chi connectivity index (χ0v) is 21.8. The van der Waals surface area contributed by atoms with Crippen LogP contribution < -0.4 is 20.1 Å². The molecule has 1 atom stereocenters. The first-order valence-corrected chi connectivity index (χ1v) is 13.1. The number of carboxylic acids is 1. The van der Waals surface area contributed by atoms with E-state index < -0.39 is 19.3 Å². The lowest BCUT2D eigenvalue weighted by Crippen LogP contribution is -2.46. The number of aliphatic carboxylic acids is 1. The molecule has 4 rings (SSSR count). The van der Waals surface area contributed by atoms with Crippen molar-refractivity contribution in [2.24, 2.45) is 5.92 Å². The van der Waals surface area contributed by atoms with Crippen LogP contribution in [0.1, 0.15) is 32.7 Å². The van der Waals surface area contributed by atoms with Crippen molar-refractivity contribution < 1.29 is 28.3 Å². The zero-order valence-electron chi connectivity index (χ0n) is 19.3. The molecule has 1 saturated carbocycles. The van der Waals surface area contributed by atoms with Gasteiger partial charge in [-0.05, 0) is 56.9 Å². The summed E-state index contributed by atoms with van der Waals surface area (Å²) in [6, 6.07) is 6.75. The highest BCUT2D eigenvalue weighted by Gasteiger charge is 2.41. The normalized spacial score (nSPS) is 19.7. The second-order valence-electron chi connectivity index (χ2n) is 8.79. The summed E-state index contributed by atoms with van der Waals surface area (Å²) in [4.78, 5) is 24.3. The Morgan fingerprint density at radius 2 is 2.00 bits per heavy atom. The molecule has 14 heteroatoms. The second-order valence-corrected chi connectivity index (χ2v) is 11.4. The first kappa shape index (κ1) is 25.4. The van der Waals surface area contributed by atoms with Gasteiger partial charge in [0, 0.05) is 10.5 Å². The van der Waals surface area contributed by atoms with E-state index in [-0.39, 0.29) is 30.3 Å². The zero-order chi connectivity index (χ0) is 25.4. The number of methoxy groups -OCH3 is 1. The Bertz CT molecular complexity index is 1280. The van der Waals surface area contributed by atoms with Gasteiger partial charge in [0.25, 0.3) is 0 Å². The molecule has 0 saturated heterocycles. The molecule has 35 heavy (non-hydrogen) atoms. The molecule has 188 valence electrons. The molecular formula is C21H26BrN6O6P. The number of nitrogens with zero attached hydrogens (tertiary/aromatic N) is 4. The standard InChI is InChI=1S/C21H26BrN6O6P/c1-21(2,19(29)30)27-35(31,34-15-6-4-13(22)5-7-15)33-10-12-8-14(9-12)28-11-24-16-17(28)25-20(23)26-18(16)32-3/h4-7,11-12,14H,8-10H2,1-3H3,(H,27,31)(H,29,30)(H2,23,25,26). The van der Waals surface area contributed by atoms with Gasteiger partial charge in [-0.2, -0.15) is 15.1 Å². The molecule has 0 bridgehead atoms. The SMILES string of the molecule is COc1nc(N)nc2c1ncn2C1CC(COP(=O)(NC(C)(C)C(=O)O)Oc2ccc(Br)cc2)C1. The molecular weight excluding hydrogens is 543 g/mol. The highest BCUT2D eigenvalue weighted by atomic mass is 79.9. The number of hydrogen-bond donors (Lipinski definition) is 3. The predicted octanol–water partition coefficient (Wildman–Crippen LogP) is 3.79. The number of rotatable bonds is 10. The summed E-state index contributed by atoms with van der Waals surface area (Å²) in [5.41, 5.74) is 5.35. The van der Waals surface area contributed by atoms with Crippen molar-refractivity contribution in [3.05, 3.63) is 35.1 Å². The Balaban J connectivity index is 1.44. The number of benzene rings is 1. The number of aromatic nitrogens is 4. The van der Waals surface area contributed by atoms with E-state index in [1.54, 1.807) is 30.6 Å². The minimum absolute atomic E-state index is 0.0649. The van der Waals surface area contributed by atoms with Crippen molar-refractivity contribution in [3.8, 4) is 11.6 Å². The van der Waals surface area contributed by atoms with Gasteiger partial charge in [0.05, 0.1) is 20.0 Å². The Kier molecular flexibility index (Phi) is 7.05. The van der Waals surface area contributed by atoms with Crippen LogP contribution in [-0.4, -0.2) is 49.9 Å². The first-order valence-electron chi connectivity index (χ1n) is 10.8. The van der Waals surface area contributed by atoms with Gasteiger partial charge >= 0.3 is 13.7 Å². The minimum Gasteiger partial charge on any atom is -0.480 e. The molecule has 1 aliphatic carbocycles. The van der Waals surface area contributed by atoms with Gasteiger partial charge < -0.3 is 24.7 Å². The van der Waals surface area contributed by atoms with Crippen molar-refractivity contribution in [2.45, 2.75) is 38.3 Å². The lowest BCUT2D eigenvalue weighted by atomic mass is 9.81. The molecule has 12 nitrogen and oxygen atoms in total. The highest BCUT2D eigenvalue weighted by Crippen LogP contribution is 2.49. The number of anilines is 1. The Hall–Kier alpha value is -2.73. The van der Waals surface area contributed by atoms with Gasteiger partial charge in [0.1, 0.15) is 11.3 Å². The van der Waals surface area contributed by atoms with E-state index in [4.69, 9.17) is 19.5 Å². The van der Waals surface area contributed by atoms with Crippen molar-refractivity contribution in [3.63, 3.8) is 0 Å². The molecule has 1 aromatic carbocycles. The molecule has 4 N–H and O–H groups in total. The average Bonchev–Trinajstić information content (AvgIpc) is 3.16.